The molecule has 10 N–H and O–H groups in total. The Balaban J connectivity index is 1.09. The Bertz CT molecular complexity index is 1680. The third kappa shape index (κ3) is 7.64. The third-order valence-electron chi connectivity index (χ3n) is 19.1. The first kappa shape index (κ1) is 48.6. The zero-order chi connectivity index (χ0) is 46.0. The molecule has 3 aliphatic heterocycles. The maximum absolute atomic E-state index is 12.1. The molecule has 0 aromatic heterocycles. The molecule has 8 rings (SSSR count). The summed E-state index contributed by atoms with van der Waals surface area (Å²) < 4.78 is 37.0. The van der Waals surface area contributed by atoms with E-state index in [4.69, 9.17) is 28.4 Å². The van der Waals surface area contributed by atoms with E-state index in [9.17, 15) is 51.1 Å². The fourth-order valence-corrected chi connectivity index (χ4v) is 14.8. The van der Waals surface area contributed by atoms with E-state index in [0.29, 0.717) is 18.3 Å². The second-order valence-corrected chi connectivity index (χ2v) is 23.3. The van der Waals surface area contributed by atoms with Crippen LogP contribution >= 0.6 is 0 Å². The predicted molar refractivity (Wildman–Crippen MR) is 224 cm³/mol. The van der Waals surface area contributed by atoms with Crippen LogP contribution in [0.2, 0.25) is 0 Å². The molecular weight excluding hydrogens is 821 g/mol. The van der Waals surface area contributed by atoms with Crippen molar-refractivity contribution in [1.29, 1.82) is 0 Å². The predicted octanol–water partition coefficient (Wildman–Crippen LogP) is 1.25. The summed E-state index contributed by atoms with van der Waals surface area (Å²) in [5.74, 6) is 0.860. The van der Waals surface area contributed by atoms with Crippen LogP contribution in [-0.4, -0.2) is 169 Å². The van der Waals surface area contributed by atoms with Gasteiger partial charge in [-0.15, -0.1) is 0 Å². The molecule has 0 aromatic carbocycles. The molecule has 0 amide bonds. The molecule has 8 aliphatic rings. The molecule has 4 unspecified atom stereocenters. The normalized spacial score (nSPS) is 55.4. The van der Waals surface area contributed by atoms with Gasteiger partial charge in [-0.2, -0.15) is 0 Å². The molecule has 3 heterocycles. The highest BCUT2D eigenvalue weighted by Gasteiger charge is 2.70. The molecule has 7 fully saturated rings. The summed E-state index contributed by atoms with van der Waals surface area (Å²) in [5, 5.41) is 108. The largest absolute Gasteiger partial charge is 0.394 e. The first-order valence-corrected chi connectivity index (χ1v) is 23.6. The highest BCUT2D eigenvalue weighted by Crippen LogP contribution is 2.76. The SMILES string of the molecule is CC1(C)CC[C@@]2(C)C(C1)C1=CCC3[C@@]4(C)CCC(O[C@@H]5O[C@H](CO)[C@@H](O)[C@H](O[C@@H]6OC[C@H](O)[C@H](O)[C@H]6O)[C@H]5O[C@@H]5O[C@H](CO)[C@@H](O)[C@H](O)[C@H]5O)C(C)(C)C4CC[C@@]3(C)[C@]1(C)C[C@@H]2O. The van der Waals surface area contributed by atoms with Crippen LogP contribution in [0.15, 0.2) is 11.6 Å². The highest BCUT2D eigenvalue weighted by molar-refractivity contribution is 5.34. The van der Waals surface area contributed by atoms with Crippen LogP contribution < -0.4 is 0 Å². The van der Waals surface area contributed by atoms with Crippen molar-refractivity contribution in [1.82, 2.24) is 0 Å². The summed E-state index contributed by atoms with van der Waals surface area (Å²) in [4.78, 5) is 0. The van der Waals surface area contributed by atoms with Crippen LogP contribution in [0.5, 0.6) is 0 Å². The summed E-state index contributed by atoms with van der Waals surface area (Å²) in [6, 6.07) is 0. The summed E-state index contributed by atoms with van der Waals surface area (Å²) in [5.41, 5.74) is 0.850. The summed E-state index contributed by atoms with van der Waals surface area (Å²) >= 11 is 0. The van der Waals surface area contributed by atoms with Gasteiger partial charge in [-0.25, -0.2) is 0 Å². The third-order valence-corrected chi connectivity index (χ3v) is 19.1. The molecule has 16 nitrogen and oxygen atoms in total. The van der Waals surface area contributed by atoms with Crippen LogP contribution in [-0.2, 0) is 28.4 Å². The number of allylic oxidation sites excluding steroid dienone is 2. The van der Waals surface area contributed by atoms with E-state index in [0.717, 1.165) is 51.4 Å². The zero-order valence-corrected chi connectivity index (χ0v) is 38.5. The minimum Gasteiger partial charge on any atom is -0.394 e. The lowest BCUT2D eigenvalue weighted by molar-refractivity contribution is -0.396. The smallest absolute Gasteiger partial charge is 0.187 e. The lowest BCUT2D eigenvalue weighted by Crippen LogP contribution is -2.68. The van der Waals surface area contributed by atoms with Crippen molar-refractivity contribution in [2.45, 2.75) is 211 Å². The average molecular weight is 899 g/mol. The number of aliphatic hydroxyl groups excluding tert-OH is 10. The highest BCUT2D eigenvalue weighted by atomic mass is 16.8. The fraction of sp³-hybridized carbons (Fsp3) is 0.957. The summed E-state index contributed by atoms with van der Waals surface area (Å²) in [6.45, 7) is 17.1. The summed E-state index contributed by atoms with van der Waals surface area (Å²) in [7, 11) is 0. The molecule has 362 valence electrons. The van der Waals surface area contributed by atoms with Gasteiger partial charge in [0.15, 0.2) is 18.9 Å². The van der Waals surface area contributed by atoms with Gasteiger partial charge < -0.3 is 79.5 Å². The number of hydrogen-bond donors (Lipinski definition) is 10. The first-order valence-electron chi connectivity index (χ1n) is 23.6. The maximum Gasteiger partial charge on any atom is 0.187 e. The van der Waals surface area contributed by atoms with Crippen molar-refractivity contribution in [2.75, 3.05) is 19.8 Å². The Labute approximate surface area is 371 Å². The molecule has 0 radical (unpaired) electrons. The Morgan fingerprint density at radius 1 is 0.603 bits per heavy atom. The molecule has 0 bridgehead atoms. The van der Waals surface area contributed by atoms with Gasteiger partial charge in [-0.1, -0.05) is 67.0 Å². The van der Waals surface area contributed by atoms with Gasteiger partial charge in [-0.05, 0) is 103 Å². The Morgan fingerprint density at radius 3 is 1.92 bits per heavy atom. The monoisotopic (exact) mass is 899 g/mol. The fourth-order valence-electron chi connectivity index (χ4n) is 14.8. The quantitative estimate of drug-likeness (QED) is 0.122. The van der Waals surface area contributed by atoms with Gasteiger partial charge in [0.25, 0.3) is 0 Å². The van der Waals surface area contributed by atoms with Gasteiger partial charge in [0, 0.05) is 5.41 Å². The summed E-state index contributed by atoms with van der Waals surface area (Å²) in [6.07, 6.45) is -12.2. The molecule has 63 heavy (non-hydrogen) atoms. The number of aliphatic hydroxyl groups is 10. The molecule has 16 heteroatoms. The van der Waals surface area contributed by atoms with Gasteiger partial charge in [0.2, 0.25) is 0 Å². The lowest BCUT2D eigenvalue weighted by atomic mass is 9.33. The van der Waals surface area contributed by atoms with Crippen molar-refractivity contribution in [3.63, 3.8) is 0 Å². The zero-order valence-electron chi connectivity index (χ0n) is 38.5. The van der Waals surface area contributed by atoms with E-state index < -0.39 is 117 Å². The van der Waals surface area contributed by atoms with E-state index in [1.54, 1.807) is 5.57 Å². The molecule has 0 spiro atoms. The first-order chi connectivity index (χ1) is 29.4. The van der Waals surface area contributed by atoms with Crippen molar-refractivity contribution in [3.05, 3.63) is 11.6 Å². The average Bonchev–Trinajstić information content (AvgIpc) is 3.22. The standard InChI is InChI=1S/C47H78O16/c1-42(2)15-16-44(5)23(17-42)22-9-10-28-45(6)13-12-30(43(3,4)27(45)11-14-46(28,7)47(22,8)18-29(44)51)61-41-38(63-40-36(57)34(55)32(53)25(19-48)59-40)37(33(54)26(20-49)60-41)62-39-35(56)31(52)24(50)21-58-39/h9,23-41,48-57H,10-21H2,1-8H3/t23?,24-,25+,26+,27?,28?,29-,30?,31-,32+,33+,34-,35+,36+,37-,38+,39-,40-,41-,44-,45-,46+,47+/m0/s1. The molecule has 23 atom stereocenters. The maximum atomic E-state index is 12.1. The van der Waals surface area contributed by atoms with Crippen molar-refractivity contribution >= 4 is 0 Å². The van der Waals surface area contributed by atoms with E-state index in [1.807, 2.05) is 0 Å². The van der Waals surface area contributed by atoms with E-state index in [1.165, 1.54) is 0 Å². The van der Waals surface area contributed by atoms with Crippen LogP contribution in [0, 0.1) is 50.2 Å². The minimum absolute atomic E-state index is 0.0583. The van der Waals surface area contributed by atoms with E-state index >= 15 is 0 Å². The Hall–Kier alpha value is -0.900. The molecule has 0 aromatic rings. The molecular formula is C47H78O16. The molecule has 5 aliphatic carbocycles. The van der Waals surface area contributed by atoms with Crippen LogP contribution in [0.3, 0.4) is 0 Å². The van der Waals surface area contributed by atoms with Crippen molar-refractivity contribution < 1.29 is 79.5 Å². The Kier molecular flexibility index (Phi) is 13.1. The van der Waals surface area contributed by atoms with Crippen molar-refractivity contribution in [2.24, 2.45) is 50.2 Å². The molecule has 4 saturated carbocycles. The van der Waals surface area contributed by atoms with Gasteiger partial charge >= 0.3 is 0 Å². The number of fused-ring (bicyclic) bond motifs is 7. The van der Waals surface area contributed by atoms with Crippen molar-refractivity contribution in [3.8, 4) is 0 Å². The van der Waals surface area contributed by atoms with Crippen LogP contribution in [0.1, 0.15) is 113 Å². The van der Waals surface area contributed by atoms with E-state index in [2.05, 4.69) is 61.5 Å². The topological polar surface area (TPSA) is 258 Å². The van der Waals surface area contributed by atoms with Gasteiger partial charge in [0.05, 0.1) is 32.0 Å². The number of rotatable bonds is 8. The van der Waals surface area contributed by atoms with Crippen LogP contribution in [0.4, 0.5) is 0 Å². The second kappa shape index (κ2) is 17.0. The van der Waals surface area contributed by atoms with E-state index in [-0.39, 0.29) is 39.1 Å². The second-order valence-electron chi connectivity index (χ2n) is 23.3. The molecule has 3 saturated heterocycles. The van der Waals surface area contributed by atoms with Gasteiger partial charge in [-0.3, -0.25) is 0 Å². The number of ether oxygens (including phenoxy) is 6. The lowest BCUT2D eigenvalue weighted by Gasteiger charge is -2.72. The van der Waals surface area contributed by atoms with Crippen LogP contribution in [0.25, 0.3) is 0 Å². The Morgan fingerprint density at radius 2 is 1.24 bits per heavy atom. The number of hydrogen-bond acceptors (Lipinski definition) is 16. The minimum atomic E-state index is -1.84. The van der Waals surface area contributed by atoms with Gasteiger partial charge in [0.1, 0.15) is 67.1 Å².